The number of carbonyl (C=O) groups excluding carboxylic acids is 1. The Labute approximate surface area is 217 Å². The molecular formula is C30H33N5O2. The van der Waals surface area contributed by atoms with E-state index in [9.17, 15) is 9.59 Å². The van der Waals surface area contributed by atoms with Crippen molar-refractivity contribution in [1.82, 2.24) is 14.8 Å². The number of aromatic amines is 1. The monoisotopic (exact) mass is 495 g/mol. The van der Waals surface area contributed by atoms with E-state index < -0.39 is 0 Å². The van der Waals surface area contributed by atoms with Crippen LogP contribution in [-0.2, 0) is 0 Å². The first-order chi connectivity index (χ1) is 17.9. The molecule has 3 aliphatic rings. The molecule has 37 heavy (non-hydrogen) atoms. The van der Waals surface area contributed by atoms with Gasteiger partial charge in [-0.1, -0.05) is 43.0 Å². The van der Waals surface area contributed by atoms with E-state index in [1.165, 1.54) is 6.20 Å². The fourth-order valence-electron chi connectivity index (χ4n) is 4.69. The van der Waals surface area contributed by atoms with E-state index in [-0.39, 0.29) is 11.5 Å². The van der Waals surface area contributed by atoms with E-state index in [2.05, 4.69) is 16.5 Å². The number of H-pyrrole nitrogens is 1. The molecule has 2 heterocycles. The van der Waals surface area contributed by atoms with Gasteiger partial charge < -0.3 is 20.5 Å². The van der Waals surface area contributed by atoms with E-state index in [0.717, 1.165) is 35.5 Å². The molecule has 1 saturated heterocycles. The minimum atomic E-state index is -0.171. The Hall–Kier alpha value is -4.39. The lowest BCUT2D eigenvalue weighted by Crippen LogP contribution is -2.35. The SMILES string of the molecule is C=C/C=C(\C=C/N)N1CCCN(C(=O)c2ccc(C)c(N=C(C)c3c4cccccc-4[nH]c3=O)c2)CC1. The summed E-state index contributed by atoms with van der Waals surface area (Å²) in [6.45, 7) is 10.4. The highest BCUT2D eigenvalue weighted by Gasteiger charge is 2.22. The standard InChI is InChI=1S/C30H33N5O2/c1-4-9-24(14-15-31)34-16-8-17-35(19-18-34)30(37)23-13-12-21(2)27(20-23)32-22(3)28-25-10-6-5-7-11-26(25)33-29(28)36/h4-7,9-15,20H,1,8,16-19,31H2,2-3H3,(H,33,36)/b15-14-,24-9+,32-22?. The molecule has 1 aromatic rings. The van der Waals surface area contributed by atoms with Gasteiger partial charge in [-0.3, -0.25) is 14.6 Å². The van der Waals surface area contributed by atoms with Gasteiger partial charge in [-0.25, -0.2) is 0 Å². The van der Waals surface area contributed by atoms with Crippen LogP contribution in [0.5, 0.6) is 0 Å². The van der Waals surface area contributed by atoms with Crippen molar-refractivity contribution >= 4 is 17.3 Å². The second-order valence-corrected chi connectivity index (χ2v) is 9.08. The average Bonchev–Trinajstić information content (AvgIpc) is 3.07. The lowest BCUT2D eigenvalue weighted by atomic mass is 10.1. The number of hydrogen-bond donors (Lipinski definition) is 2. The highest BCUT2D eigenvalue weighted by molar-refractivity contribution is 6.06. The van der Waals surface area contributed by atoms with Crippen LogP contribution >= 0.6 is 0 Å². The quantitative estimate of drug-likeness (QED) is 0.385. The molecule has 0 saturated carbocycles. The number of aliphatic imine (C=N–C) groups is 1. The van der Waals surface area contributed by atoms with Crippen molar-refractivity contribution < 1.29 is 4.79 Å². The lowest BCUT2D eigenvalue weighted by molar-refractivity contribution is 0.0763. The van der Waals surface area contributed by atoms with Gasteiger partial charge >= 0.3 is 0 Å². The summed E-state index contributed by atoms with van der Waals surface area (Å²) < 4.78 is 0. The van der Waals surface area contributed by atoms with Gasteiger partial charge in [0.15, 0.2) is 0 Å². The summed E-state index contributed by atoms with van der Waals surface area (Å²) in [6, 6.07) is 15.1. The molecule has 1 fully saturated rings. The number of hydrogen-bond acceptors (Lipinski definition) is 5. The number of benzene rings is 1. The van der Waals surface area contributed by atoms with E-state index in [0.29, 0.717) is 42.2 Å². The van der Waals surface area contributed by atoms with Crippen LogP contribution in [0.15, 0.2) is 95.0 Å². The highest BCUT2D eigenvalue weighted by Crippen LogP contribution is 2.26. The lowest BCUT2D eigenvalue weighted by Gasteiger charge is -2.24. The second-order valence-electron chi connectivity index (χ2n) is 9.08. The smallest absolute Gasteiger partial charge is 0.258 e. The predicted octanol–water partition coefficient (Wildman–Crippen LogP) is 4.62. The molecule has 4 rings (SSSR count). The van der Waals surface area contributed by atoms with Gasteiger partial charge in [-0.15, -0.1) is 0 Å². The van der Waals surface area contributed by atoms with Gasteiger partial charge in [0.25, 0.3) is 11.5 Å². The second kappa shape index (κ2) is 11.6. The molecule has 0 atom stereocenters. The van der Waals surface area contributed by atoms with Crippen LogP contribution in [0.25, 0.3) is 11.3 Å². The summed E-state index contributed by atoms with van der Waals surface area (Å²) in [4.78, 5) is 38.0. The molecule has 0 radical (unpaired) electrons. The Morgan fingerprint density at radius 1 is 1.08 bits per heavy atom. The zero-order chi connectivity index (χ0) is 26.4. The Morgan fingerprint density at radius 3 is 2.62 bits per heavy atom. The molecule has 0 unspecified atom stereocenters. The minimum Gasteiger partial charge on any atom is -0.405 e. The molecule has 1 amide bonds. The minimum absolute atomic E-state index is 0.0248. The Balaban J connectivity index is 1.58. The van der Waals surface area contributed by atoms with Crippen LogP contribution < -0.4 is 11.3 Å². The van der Waals surface area contributed by atoms with Gasteiger partial charge in [0.05, 0.1) is 17.0 Å². The van der Waals surface area contributed by atoms with E-state index in [1.54, 1.807) is 6.08 Å². The van der Waals surface area contributed by atoms with Crippen LogP contribution in [0, 0.1) is 6.92 Å². The van der Waals surface area contributed by atoms with E-state index in [1.807, 2.05) is 79.4 Å². The van der Waals surface area contributed by atoms with E-state index >= 15 is 0 Å². The van der Waals surface area contributed by atoms with Crippen molar-refractivity contribution in [3.05, 3.63) is 112 Å². The zero-order valence-corrected chi connectivity index (χ0v) is 21.4. The first kappa shape index (κ1) is 25.7. The number of allylic oxidation sites excluding steroid dienone is 3. The van der Waals surface area contributed by atoms with Gasteiger partial charge in [0, 0.05) is 48.7 Å². The zero-order valence-electron chi connectivity index (χ0n) is 21.4. The summed E-state index contributed by atoms with van der Waals surface area (Å²) >= 11 is 0. The predicted molar refractivity (Wildman–Crippen MR) is 150 cm³/mol. The fourth-order valence-corrected chi connectivity index (χ4v) is 4.69. The number of carbonyl (C=O) groups is 1. The molecule has 1 aliphatic carbocycles. The third-order valence-electron chi connectivity index (χ3n) is 6.59. The summed E-state index contributed by atoms with van der Waals surface area (Å²) in [7, 11) is 0. The molecule has 1 aromatic carbocycles. The molecular weight excluding hydrogens is 462 g/mol. The number of nitrogens with zero attached hydrogens (tertiary/aromatic N) is 3. The molecule has 0 bridgehead atoms. The topological polar surface area (TPSA) is 94.8 Å². The molecule has 2 aliphatic heterocycles. The van der Waals surface area contributed by atoms with Gasteiger partial charge in [0.2, 0.25) is 0 Å². The van der Waals surface area contributed by atoms with Crippen LogP contribution in [0.2, 0.25) is 0 Å². The summed E-state index contributed by atoms with van der Waals surface area (Å²) in [5, 5.41) is 0. The van der Waals surface area contributed by atoms with Gasteiger partial charge in [0.1, 0.15) is 0 Å². The van der Waals surface area contributed by atoms with Crippen LogP contribution in [0.4, 0.5) is 5.69 Å². The number of amides is 1. The van der Waals surface area contributed by atoms with Crippen molar-refractivity contribution in [2.24, 2.45) is 10.7 Å². The first-order valence-electron chi connectivity index (χ1n) is 12.5. The Kier molecular flexibility index (Phi) is 8.03. The van der Waals surface area contributed by atoms with Crippen molar-refractivity contribution in [1.29, 1.82) is 0 Å². The maximum absolute atomic E-state index is 13.5. The van der Waals surface area contributed by atoms with Crippen molar-refractivity contribution in [2.45, 2.75) is 20.3 Å². The molecule has 0 spiro atoms. The first-order valence-corrected chi connectivity index (χ1v) is 12.5. The molecule has 7 heteroatoms. The number of aryl methyl sites for hydroxylation is 1. The molecule has 3 N–H and O–H groups in total. The summed E-state index contributed by atoms with van der Waals surface area (Å²) in [5.41, 5.74) is 11.4. The number of aromatic nitrogens is 1. The molecule has 190 valence electrons. The Morgan fingerprint density at radius 2 is 1.84 bits per heavy atom. The number of rotatable bonds is 6. The Bertz CT molecular complexity index is 1420. The van der Waals surface area contributed by atoms with Gasteiger partial charge in [-0.2, -0.15) is 0 Å². The van der Waals surface area contributed by atoms with E-state index in [4.69, 9.17) is 10.7 Å². The van der Waals surface area contributed by atoms with Crippen LogP contribution in [-0.4, -0.2) is 52.6 Å². The van der Waals surface area contributed by atoms with Crippen LogP contribution in [0.1, 0.15) is 34.8 Å². The van der Waals surface area contributed by atoms with Crippen molar-refractivity contribution in [3.63, 3.8) is 0 Å². The third kappa shape index (κ3) is 5.72. The number of fused-ring (bicyclic) bond motifs is 1. The summed E-state index contributed by atoms with van der Waals surface area (Å²) in [6.07, 6.45) is 7.89. The highest BCUT2D eigenvalue weighted by atomic mass is 16.2. The number of nitrogens with one attached hydrogen (secondary N) is 1. The number of nitrogens with two attached hydrogens (primary N) is 1. The third-order valence-corrected chi connectivity index (χ3v) is 6.59. The van der Waals surface area contributed by atoms with Crippen molar-refractivity contribution in [3.8, 4) is 11.3 Å². The maximum Gasteiger partial charge on any atom is 0.258 e. The normalized spacial score (nSPS) is 15.3. The molecule has 7 nitrogen and oxygen atoms in total. The van der Waals surface area contributed by atoms with Crippen molar-refractivity contribution in [2.75, 3.05) is 26.2 Å². The van der Waals surface area contributed by atoms with Crippen LogP contribution in [0.3, 0.4) is 0 Å². The largest absolute Gasteiger partial charge is 0.405 e. The summed E-state index contributed by atoms with van der Waals surface area (Å²) in [5.74, 6) is -0.0248. The van der Waals surface area contributed by atoms with Gasteiger partial charge in [-0.05, 0) is 62.4 Å². The average molecular weight is 496 g/mol. The fraction of sp³-hybridized carbons (Fsp3) is 0.233. The molecule has 0 aromatic heterocycles. The maximum atomic E-state index is 13.5.